The first-order valence-corrected chi connectivity index (χ1v) is 16.1. The highest BCUT2D eigenvalue weighted by molar-refractivity contribution is 7.16. The molecule has 43 heavy (non-hydrogen) atoms. The first-order chi connectivity index (χ1) is 20.9. The lowest BCUT2D eigenvalue weighted by Gasteiger charge is -2.36. The molecule has 0 aliphatic heterocycles. The predicted octanol–water partition coefficient (Wildman–Crippen LogP) is 7.36. The summed E-state index contributed by atoms with van der Waals surface area (Å²) in [4.78, 5) is 33.3. The third kappa shape index (κ3) is 7.50. The molecule has 8 nitrogen and oxygen atoms in total. The summed E-state index contributed by atoms with van der Waals surface area (Å²) in [6.45, 7) is 2.81. The number of rotatable bonds is 9. The third-order valence-corrected chi connectivity index (χ3v) is 10.1. The number of thiazole rings is 1. The summed E-state index contributed by atoms with van der Waals surface area (Å²) in [6, 6.07) is 14.8. The van der Waals surface area contributed by atoms with Crippen LogP contribution in [0.2, 0.25) is 0 Å². The van der Waals surface area contributed by atoms with Crippen molar-refractivity contribution >= 4 is 29.0 Å². The van der Waals surface area contributed by atoms with Crippen molar-refractivity contribution in [2.24, 2.45) is 11.8 Å². The smallest absolute Gasteiger partial charge is 0.407 e. The molecule has 2 amide bonds. The number of carbonyl (C=O) groups is 2. The van der Waals surface area contributed by atoms with Crippen LogP contribution in [0.4, 0.5) is 10.5 Å². The number of nitrogens with one attached hydrogen (secondary N) is 1. The van der Waals surface area contributed by atoms with E-state index in [-0.39, 0.29) is 17.9 Å². The van der Waals surface area contributed by atoms with Gasteiger partial charge in [-0.05, 0) is 105 Å². The number of ether oxygens (including phenoxy) is 3. The van der Waals surface area contributed by atoms with Gasteiger partial charge in [0.15, 0.2) is 0 Å². The molecule has 2 aliphatic rings. The van der Waals surface area contributed by atoms with E-state index in [4.69, 9.17) is 14.2 Å². The van der Waals surface area contributed by atoms with Crippen LogP contribution in [0.25, 0.3) is 10.4 Å². The molecule has 0 saturated heterocycles. The number of carbonyl (C=O) groups excluding carboxylic acids is 2. The lowest BCUT2D eigenvalue weighted by atomic mass is 9.78. The van der Waals surface area contributed by atoms with Gasteiger partial charge in [-0.3, -0.25) is 4.79 Å². The molecule has 2 aromatic carbocycles. The fourth-order valence-electron chi connectivity index (χ4n) is 6.59. The van der Waals surface area contributed by atoms with Gasteiger partial charge in [0.25, 0.3) is 5.19 Å². The molecule has 0 bridgehead atoms. The Morgan fingerprint density at radius 3 is 2.40 bits per heavy atom. The Morgan fingerprint density at radius 1 is 0.977 bits per heavy atom. The molecule has 2 fully saturated rings. The highest BCUT2D eigenvalue weighted by Crippen LogP contribution is 2.39. The minimum absolute atomic E-state index is 0.0877. The first kappa shape index (κ1) is 30.9. The van der Waals surface area contributed by atoms with E-state index >= 15 is 0 Å². The minimum atomic E-state index is -0.409. The fraction of sp³-hybridized carbons (Fsp3) is 0.500. The molecule has 0 atom stereocenters. The van der Waals surface area contributed by atoms with Crippen molar-refractivity contribution in [1.82, 2.24) is 10.3 Å². The first-order valence-electron chi connectivity index (χ1n) is 15.3. The van der Waals surface area contributed by atoms with E-state index < -0.39 is 6.09 Å². The highest BCUT2D eigenvalue weighted by Gasteiger charge is 2.34. The molecule has 0 spiro atoms. The normalized spacial score (nSPS) is 22.0. The van der Waals surface area contributed by atoms with Gasteiger partial charge in [-0.1, -0.05) is 35.6 Å². The number of nitrogens with zero attached hydrogens (tertiary/aromatic N) is 2. The van der Waals surface area contributed by atoms with Crippen LogP contribution >= 0.6 is 11.3 Å². The molecular formula is C34H43N3O5S. The Bertz CT molecular complexity index is 1390. The fourth-order valence-corrected chi connectivity index (χ4v) is 7.31. The second-order valence-corrected chi connectivity index (χ2v) is 12.8. The molecule has 1 heterocycles. The Balaban J connectivity index is 1.31. The van der Waals surface area contributed by atoms with Crippen LogP contribution in [0, 0.1) is 18.8 Å². The maximum absolute atomic E-state index is 14.2. The predicted molar refractivity (Wildman–Crippen MR) is 170 cm³/mol. The second kappa shape index (κ2) is 14.3. The molecule has 1 aromatic heterocycles. The van der Waals surface area contributed by atoms with E-state index in [1.165, 1.54) is 22.5 Å². The molecule has 2 aliphatic carbocycles. The van der Waals surface area contributed by atoms with Gasteiger partial charge in [0.2, 0.25) is 5.91 Å². The summed E-state index contributed by atoms with van der Waals surface area (Å²) in [5.41, 5.74) is 4.50. The largest absolute Gasteiger partial charge is 0.496 e. The number of anilines is 1. The average Bonchev–Trinajstić information content (AvgIpc) is 3.54. The monoisotopic (exact) mass is 605 g/mol. The summed E-state index contributed by atoms with van der Waals surface area (Å²) in [7, 11) is 4.91. The third-order valence-electron chi connectivity index (χ3n) is 9.05. The van der Waals surface area contributed by atoms with E-state index in [9.17, 15) is 9.59 Å². The van der Waals surface area contributed by atoms with Crippen molar-refractivity contribution in [1.29, 1.82) is 0 Å². The summed E-state index contributed by atoms with van der Waals surface area (Å²) in [6.07, 6.45) is 8.49. The van der Waals surface area contributed by atoms with Crippen molar-refractivity contribution < 1.29 is 23.8 Å². The van der Waals surface area contributed by atoms with E-state index in [0.717, 1.165) is 47.6 Å². The second-order valence-electron chi connectivity index (χ2n) is 11.8. The van der Waals surface area contributed by atoms with Crippen molar-refractivity contribution in [2.45, 2.75) is 70.3 Å². The zero-order valence-electron chi connectivity index (χ0n) is 25.6. The Morgan fingerprint density at radius 2 is 1.74 bits per heavy atom. The number of hydrogen-bond donors (Lipinski definition) is 1. The molecule has 0 radical (unpaired) electrons. The lowest BCUT2D eigenvalue weighted by molar-refractivity contribution is -0.124. The Labute approximate surface area is 258 Å². The summed E-state index contributed by atoms with van der Waals surface area (Å²) in [5.74, 6) is 1.98. The number of benzene rings is 2. The van der Waals surface area contributed by atoms with Gasteiger partial charge < -0.3 is 24.4 Å². The van der Waals surface area contributed by atoms with Gasteiger partial charge in [-0.25, -0.2) is 9.78 Å². The van der Waals surface area contributed by atoms with Crippen LogP contribution in [0.1, 0.15) is 68.4 Å². The lowest BCUT2D eigenvalue weighted by Crippen LogP contribution is -2.42. The number of aryl methyl sites for hydroxylation is 1. The molecule has 1 N–H and O–H groups in total. The molecule has 9 heteroatoms. The van der Waals surface area contributed by atoms with Crippen LogP contribution in [0.15, 0.2) is 48.7 Å². The van der Waals surface area contributed by atoms with Gasteiger partial charge in [0.05, 0.1) is 19.1 Å². The quantitative estimate of drug-likeness (QED) is 0.274. The molecule has 0 unspecified atom stereocenters. The average molecular weight is 606 g/mol. The van der Waals surface area contributed by atoms with Crippen molar-refractivity contribution in [3.63, 3.8) is 0 Å². The number of aromatic nitrogens is 1. The van der Waals surface area contributed by atoms with Crippen LogP contribution in [-0.2, 0) is 9.53 Å². The van der Waals surface area contributed by atoms with Gasteiger partial charge in [0, 0.05) is 31.4 Å². The topological polar surface area (TPSA) is 90.0 Å². The molecule has 230 valence electrons. The number of alkyl carbamates (subject to hydrolysis) is 1. The van der Waals surface area contributed by atoms with Gasteiger partial charge >= 0.3 is 6.09 Å². The molecule has 2 saturated carbocycles. The van der Waals surface area contributed by atoms with Crippen molar-refractivity contribution in [2.75, 3.05) is 32.7 Å². The number of amides is 2. The number of hydrogen-bond acceptors (Lipinski definition) is 7. The maximum Gasteiger partial charge on any atom is 0.407 e. The molecule has 3 aromatic rings. The standard InChI is InChI=1S/C34H43N3O5S/c1-22-18-26(14-17-30(22)40-3)24-10-8-23(9-11-24)21-37(32(38)25-12-15-29(16-13-25)42-33(39)35-2)28-7-5-6-27(19-28)31-20-36-34(41-4)43-31/h5-7,14,17-20,23-25,29H,8-13,15-16,21H2,1-4H3,(H,35,39)/t23-,24-,25-,29-. The van der Waals surface area contributed by atoms with Gasteiger partial charge in [-0.2, -0.15) is 0 Å². The van der Waals surface area contributed by atoms with E-state index in [1.54, 1.807) is 21.3 Å². The Hall–Kier alpha value is -3.59. The summed E-state index contributed by atoms with van der Waals surface area (Å²) >= 11 is 1.50. The zero-order chi connectivity index (χ0) is 30.3. The summed E-state index contributed by atoms with van der Waals surface area (Å²) in [5, 5.41) is 3.14. The van der Waals surface area contributed by atoms with E-state index in [0.29, 0.717) is 49.3 Å². The van der Waals surface area contributed by atoms with Gasteiger partial charge in [0.1, 0.15) is 11.9 Å². The van der Waals surface area contributed by atoms with Crippen molar-refractivity contribution in [3.05, 3.63) is 59.8 Å². The minimum Gasteiger partial charge on any atom is -0.496 e. The van der Waals surface area contributed by atoms with Gasteiger partial charge in [-0.15, -0.1) is 0 Å². The van der Waals surface area contributed by atoms with Crippen molar-refractivity contribution in [3.8, 4) is 21.4 Å². The summed E-state index contributed by atoms with van der Waals surface area (Å²) < 4.78 is 16.3. The molecule has 5 rings (SSSR count). The van der Waals surface area contributed by atoms with Crippen LogP contribution in [0.5, 0.6) is 10.9 Å². The van der Waals surface area contributed by atoms with E-state index in [1.807, 2.05) is 23.2 Å². The zero-order valence-corrected chi connectivity index (χ0v) is 26.5. The van der Waals surface area contributed by atoms with Crippen LogP contribution in [0.3, 0.4) is 0 Å². The van der Waals surface area contributed by atoms with Crippen LogP contribution < -0.4 is 19.7 Å². The number of methoxy groups -OCH3 is 2. The van der Waals surface area contributed by atoms with Crippen LogP contribution in [-0.4, -0.2) is 50.9 Å². The SMILES string of the molecule is CNC(=O)O[C@H]1CC[C@H](C(=O)N(C[C@H]2CC[C@H](c3ccc(OC)c(C)c3)CC2)c2cccc(-c3cnc(OC)s3)c2)CC1. The molecular weight excluding hydrogens is 562 g/mol. The highest BCUT2D eigenvalue weighted by atomic mass is 32.1. The Kier molecular flexibility index (Phi) is 10.2. The van der Waals surface area contributed by atoms with E-state index in [2.05, 4.69) is 47.6 Å². The maximum atomic E-state index is 14.2.